The van der Waals surface area contributed by atoms with E-state index in [-0.39, 0.29) is 11.3 Å². The lowest BCUT2D eigenvalue weighted by molar-refractivity contribution is 0.321. The van der Waals surface area contributed by atoms with E-state index in [1.807, 2.05) is 67.7 Å². The van der Waals surface area contributed by atoms with Gasteiger partial charge in [-0.05, 0) is 74.5 Å². The molecule has 3 heterocycles. The minimum Gasteiger partial charge on any atom is -0.494 e. The van der Waals surface area contributed by atoms with Crippen molar-refractivity contribution in [1.82, 2.24) is 24.4 Å². The first-order valence-corrected chi connectivity index (χ1v) is 13.6. The van der Waals surface area contributed by atoms with Crippen LogP contribution in [0.15, 0.2) is 83.8 Å². The van der Waals surface area contributed by atoms with Gasteiger partial charge < -0.3 is 9.47 Å². The molecule has 200 valence electrons. The van der Waals surface area contributed by atoms with Gasteiger partial charge in [0.05, 0.1) is 23.4 Å². The van der Waals surface area contributed by atoms with Crippen molar-refractivity contribution in [3.63, 3.8) is 0 Å². The van der Waals surface area contributed by atoms with Crippen molar-refractivity contribution in [3.8, 4) is 39.8 Å². The average molecular weight is 554 g/mol. The van der Waals surface area contributed by atoms with Crippen LogP contribution in [-0.2, 0) is 0 Å². The van der Waals surface area contributed by atoms with Crippen LogP contribution < -0.4 is 19.6 Å². The zero-order valence-corrected chi connectivity index (χ0v) is 22.6. The molecule has 10 heteroatoms. The van der Waals surface area contributed by atoms with Crippen molar-refractivity contribution >= 4 is 22.4 Å². The van der Waals surface area contributed by atoms with Gasteiger partial charge in [-0.25, -0.2) is 9.07 Å². The number of hydrogen-bond acceptors (Lipinski definition) is 7. The molecule has 0 fully saturated rings. The molecule has 0 bridgehead atoms. The van der Waals surface area contributed by atoms with E-state index >= 15 is 0 Å². The highest BCUT2D eigenvalue weighted by atomic mass is 32.1. The van der Waals surface area contributed by atoms with Gasteiger partial charge in [-0.15, -0.1) is 5.10 Å². The quantitative estimate of drug-likeness (QED) is 0.259. The zero-order valence-electron chi connectivity index (χ0n) is 21.7. The van der Waals surface area contributed by atoms with Crippen LogP contribution in [0.5, 0.6) is 11.5 Å². The third kappa shape index (κ3) is 4.85. The van der Waals surface area contributed by atoms with Crippen molar-refractivity contribution in [3.05, 3.63) is 105 Å². The van der Waals surface area contributed by atoms with Gasteiger partial charge in [-0.2, -0.15) is 14.6 Å². The Morgan fingerprint density at radius 2 is 1.68 bits per heavy atom. The smallest absolute Gasteiger partial charge is 0.291 e. The summed E-state index contributed by atoms with van der Waals surface area (Å²) < 4.78 is 29.1. The summed E-state index contributed by atoms with van der Waals surface area (Å²) in [6.07, 6.45) is 3.57. The fourth-order valence-corrected chi connectivity index (χ4v) is 5.21. The van der Waals surface area contributed by atoms with E-state index in [0.717, 1.165) is 17.0 Å². The SMILES string of the molecule is CCOc1ccc(-c2nc3s/c(=C\c4cn(-c5ccccc5)nc4-c4ccc(OCC)c(F)c4)c(=O)n3n2)cc1. The van der Waals surface area contributed by atoms with Gasteiger partial charge in [0.25, 0.3) is 5.56 Å². The van der Waals surface area contributed by atoms with E-state index in [9.17, 15) is 9.18 Å². The van der Waals surface area contributed by atoms with Gasteiger partial charge in [-0.1, -0.05) is 29.5 Å². The van der Waals surface area contributed by atoms with E-state index in [1.54, 1.807) is 29.8 Å². The first-order chi connectivity index (χ1) is 19.5. The van der Waals surface area contributed by atoms with Gasteiger partial charge in [0.2, 0.25) is 4.96 Å². The number of para-hydroxylation sites is 1. The van der Waals surface area contributed by atoms with Crippen molar-refractivity contribution in [2.24, 2.45) is 0 Å². The van der Waals surface area contributed by atoms with Crippen LogP contribution in [0.2, 0.25) is 0 Å². The summed E-state index contributed by atoms with van der Waals surface area (Å²) in [6, 6.07) is 21.7. The lowest BCUT2D eigenvalue weighted by atomic mass is 10.1. The first-order valence-electron chi connectivity index (χ1n) is 12.8. The van der Waals surface area contributed by atoms with Crippen molar-refractivity contribution in [1.29, 1.82) is 0 Å². The Kier molecular flexibility index (Phi) is 6.83. The number of ether oxygens (including phenoxy) is 2. The standard InChI is InChI=1S/C30H24FN5O3S/c1-3-38-23-13-10-19(11-14-23)28-32-30-36(34-28)29(37)26(40-30)17-21-18-35(22-8-6-5-7-9-22)33-27(21)20-12-15-25(39-4-2)24(31)16-20/h5-18H,3-4H2,1-2H3/b26-17-. The van der Waals surface area contributed by atoms with Crippen LogP contribution in [0, 0.1) is 5.82 Å². The van der Waals surface area contributed by atoms with Crippen molar-refractivity contribution in [2.45, 2.75) is 13.8 Å². The number of rotatable bonds is 8. The number of aromatic nitrogens is 5. The van der Waals surface area contributed by atoms with Crippen molar-refractivity contribution < 1.29 is 13.9 Å². The minimum atomic E-state index is -0.482. The second-order valence-corrected chi connectivity index (χ2v) is 9.80. The summed E-state index contributed by atoms with van der Waals surface area (Å²) in [7, 11) is 0. The third-order valence-corrected chi connectivity index (χ3v) is 7.12. The molecule has 0 aliphatic heterocycles. The largest absolute Gasteiger partial charge is 0.494 e. The molecule has 6 rings (SSSR count). The maximum absolute atomic E-state index is 14.8. The van der Waals surface area contributed by atoms with E-state index in [0.29, 0.717) is 45.4 Å². The van der Waals surface area contributed by atoms with Crippen LogP contribution >= 0.6 is 11.3 Å². The van der Waals surface area contributed by atoms with E-state index in [2.05, 4.69) is 10.1 Å². The van der Waals surface area contributed by atoms with Gasteiger partial charge in [0.15, 0.2) is 17.4 Å². The first kappa shape index (κ1) is 25.4. The van der Waals surface area contributed by atoms with Crippen LogP contribution in [0.1, 0.15) is 19.4 Å². The zero-order chi connectivity index (χ0) is 27.6. The molecule has 0 N–H and O–H groups in total. The van der Waals surface area contributed by atoms with Crippen LogP contribution in [-0.4, -0.2) is 37.6 Å². The fraction of sp³-hybridized carbons (Fsp3) is 0.133. The summed E-state index contributed by atoms with van der Waals surface area (Å²) in [5.41, 5.74) is 3.07. The summed E-state index contributed by atoms with van der Waals surface area (Å²) >= 11 is 1.23. The Labute approximate surface area is 232 Å². The molecule has 0 aliphatic rings. The highest BCUT2D eigenvalue weighted by molar-refractivity contribution is 7.15. The molecule has 0 aliphatic carbocycles. The van der Waals surface area contributed by atoms with Crippen molar-refractivity contribution in [2.75, 3.05) is 13.2 Å². The normalized spacial score (nSPS) is 11.8. The predicted molar refractivity (Wildman–Crippen MR) is 153 cm³/mol. The minimum absolute atomic E-state index is 0.176. The number of halogens is 1. The molecule has 8 nitrogen and oxygen atoms in total. The Morgan fingerprint density at radius 1 is 0.925 bits per heavy atom. The Hall–Kier alpha value is -4.83. The number of fused-ring (bicyclic) bond motifs is 1. The summed E-state index contributed by atoms with van der Waals surface area (Å²) in [4.78, 5) is 18.4. The lowest BCUT2D eigenvalue weighted by Crippen LogP contribution is -2.23. The lowest BCUT2D eigenvalue weighted by Gasteiger charge is -2.06. The Balaban J connectivity index is 1.43. The number of benzene rings is 3. The number of hydrogen-bond donors (Lipinski definition) is 0. The molecule has 0 unspecified atom stereocenters. The predicted octanol–water partition coefficient (Wildman–Crippen LogP) is 5.15. The number of nitrogens with zero attached hydrogens (tertiary/aromatic N) is 5. The Morgan fingerprint density at radius 3 is 2.38 bits per heavy atom. The summed E-state index contributed by atoms with van der Waals surface area (Å²) in [5.74, 6) is 0.910. The van der Waals surface area contributed by atoms with Gasteiger partial charge in [-0.3, -0.25) is 4.79 Å². The highest BCUT2D eigenvalue weighted by Gasteiger charge is 2.16. The highest BCUT2D eigenvalue weighted by Crippen LogP contribution is 2.29. The topological polar surface area (TPSA) is 83.5 Å². The molecule has 0 radical (unpaired) electrons. The molecular weight excluding hydrogens is 529 g/mol. The molecule has 3 aromatic heterocycles. The maximum atomic E-state index is 14.8. The fourth-order valence-electron chi connectivity index (χ4n) is 4.32. The second kappa shape index (κ2) is 10.7. The number of thiazole rings is 1. The van der Waals surface area contributed by atoms with Gasteiger partial charge in [0.1, 0.15) is 11.4 Å². The molecule has 3 aromatic carbocycles. The van der Waals surface area contributed by atoms with Gasteiger partial charge in [0, 0.05) is 22.9 Å². The van der Waals surface area contributed by atoms with E-state index in [4.69, 9.17) is 14.6 Å². The summed E-state index contributed by atoms with van der Waals surface area (Å²) in [5, 5.41) is 9.19. The maximum Gasteiger partial charge on any atom is 0.291 e. The Bertz CT molecular complexity index is 1910. The molecule has 0 saturated heterocycles. The van der Waals surface area contributed by atoms with Gasteiger partial charge >= 0.3 is 0 Å². The summed E-state index contributed by atoms with van der Waals surface area (Å²) in [6.45, 7) is 4.67. The molecule has 0 atom stereocenters. The monoisotopic (exact) mass is 553 g/mol. The van der Waals surface area contributed by atoms with Crippen LogP contribution in [0.4, 0.5) is 4.39 Å². The average Bonchev–Trinajstić information content (AvgIpc) is 3.66. The molecular formula is C30H24FN5O3S. The second-order valence-electron chi connectivity index (χ2n) is 8.79. The third-order valence-electron chi connectivity index (χ3n) is 6.16. The molecule has 6 aromatic rings. The van der Waals surface area contributed by atoms with E-state index < -0.39 is 5.82 Å². The van der Waals surface area contributed by atoms with E-state index in [1.165, 1.54) is 21.9 Å². The van der Waals surface area contributed by atoms with Crippen LogP contribution in [0.25, 0.3) is 39.4 Å². The molecule has 0 amide bonds. The molecule has 0 spiro atoms. The van der Waals surface area contributed by atoms with Crippen LogP contribution in [0.3, 0.4) is 0 Å². The molecule has 0 saturated carbocycles. The molecule has 40 heavy (non-hydrogen) atoms.